The van der Waals surface area contributed by atoms with Gasteiger partial charge in [-0.1, -0.05) is 18.2 Å². The zero-order valence-electron chi connectivity index (χ0n) is 16.1. The van der Waals surface area contributed by atoms with E-state index < -0.39 is 10.0 Å². The number of rotatable bonds is 5. The van der Waals surface area contributed by atoms with Crippen LogP contribution in [0.3, 0.4) is 0 Å². The van der Waals surface area contributed by atoms with Crippen molar-refractivity contribution in [3.8, 4) is 0 Å². The highest BCUT2D eigenvalue weighted by Gasteiger charge is 2.32. The highest BCUT2D eigenvalue weighted by atomic mass is 32.2. The van der Waals surface area contributed by atoms with Crippen LogP contribution in [0, 0.1) is 5.92 Å². The van der Waals surface area contributed by atoms with Gasteiger partial charge in [0, 0.05) is 37.3 Å². The topological polar surface area (TPSA) is 91.7 Å². The van der Waals surface area contributed by atoms with Gasteiger partial charge in [-0.15, -0.1) is 4.40 Å². The first kappa shape index (κ1) is 19.6. The molecule has 1 amide bonds. The number of benzene rings is 1. The third kappa shape index (κ3) is 4.48. The molecule has 1 saturated heterocycles. The van der Waals surface area contributed by atoms with Crippen molar-refractivity contribution in [2.45, 2.75) is 37.0 Å². The molecule has 2 aromatic rings. The van der Waals surface area contributed by atoms with Crippen LogP contribution < -0.4 is 5.32 Å². The van der Waals surface area contributed by atoms with Gasteiger partial charge < -0.3 is 10.2 Å². The van der Waals surface area contributed by atoms with E-state index in [2.05, 4.69) is 14.7 Å². The first-order chi connectivity index (χ1) is 14.0. The third-order valence-corrected chi connectivity index (χ3v) is 6.71. The summed E-state index contributed by atoms with van der Waals surface area (Å²) >= 11 is 0. The lowest BCUT2D eigenvalue weighted by Gasteiger charge is -2.34. The van der Waals surface area contributed by atoms with Gasteiger partial charge in [-0.2, -0.15) is 8.42 Å². The van der Waals surface area contributed by atoms with Crippen molar-refractivity contribution in [2.24, 2.45) is 10.3 Å². The number of nitrogens with one attached hydrogen (secondary N) is 1. The normalized spacial score (nSPS) is 20.3. The number of amides is 1. The fraction of sp³-hybridized carbons (Fsp3) is 0.381. The number of piperidine rings is 1. The Balaban J connectivity index is 1.38. The number of hydrogen-bond donors (Lipinski definition) is 1. The van der Waals surface area contributed by atoms with Crippen molar-refractivity contribution >= 4 is 27.5 Å². The lowest BCUT2D eigenvalue weighted by molar-refractivity contribution is -0.132. The number of likely N-dealkylation sites (tertiary alicyclic amines) is 1. The first-order valence-electron chi connectivity index (χ1n) is 9.91. The summed E-state index contributed by atoms with van der Waals surface area (Å²) in [5, 5.41) is 3.17. The van der Waals surface area contributed by atoms with Crippen LogP contribution in [0.2, 0.25) is 0 Å². The van der Waals surface area contributed by atoms with Gasteiger partial charge in [0.1, 0.15) is 10.7 Å². The van der Waals surface area contributed by atoms with Crippen molar-refractivity contribution in [1.29, 1.82) is 0 Å². The standard InChI is InChI=1S/C21H24N4O3S/c26-20(12-5-9-17-8-3-4-13-22-17)25-14-6-7-16(15-25)21-23-18-10-1-2-11-19(18)29(27,28)24-21/h1-4,8,10-11,13,16H,5-7,9,12,14-15H2,(H,23,24). The third-order valence-electron chi connectivity index (χ3n) is 5.36. The van der Waals surface area contributed by atoms with Gasteiger partial charge in [0.15, 0.2) is 0 Å². The second-order valence-electron chi connectivity index (χ2n) is 7.43. The second kappa shape index (κ2) is 8.32. The highest BCUT2D eigenvalue weighted by molar-refractivity contribution is 7.90. The Kier molecular flexibility index (Phi) is 5.62. The van der Waals surface area contributed by atoms with E-state index in [0.29, 0.717) is 31.0 Å². The molecule has 0 saturated carbocycles. The molecule has 0 spiro atoms. The van der Waals surface area contributed by atoms with E-state index in [-0.39, 0.29) is 16.7 Å². The number of sulfonamides is 1. The van der Waals surface area contributed by atoms with E-state index >= 15 is 0 Å². The molecular weight excluding hydrogens is 388 g/mol. The van der Waals surface area contributed by atoms with Gasteiger partial charge in [-0.05, 0) is 49.9 Å². The number of pyridine rings is 1. The predicted molar refractivity (Wildman–Crippen MR) is 111 cm³/mol. The maximum atomic E-state index is 12.7. The molecule has 1 N–H and O–H groups in total. The van der Waals surface area contributed by atoms with Gasteiger partial charge in [0.25, 0.3) is 10.0 Å². The van der Waals surface area contributed by atoms with E-state index in [4.69, 9.17) is 0 Å². The highest BCUT2D eigenvalue weighted by Crippen LogP contribution is 2.30. The van der Waals surface area contributed by atoms with Gasteiger partial charge in [-0.3, -0.25) is 9.78 Å². The van der Waals surface area contributed by atoms with Crippen LogP contribution in [0.15, 0.2) is 58.0 Å². The smallest absolute Gasteiger partial charge is 0.286 e. The number of para-hydroxylation sites is 1. The minimum atomic E-state index is -3.71. The lowest BCUT2D eigenvalue weighted by atomic mass is 9.96. The van der Waals surface area contributed by atoms with Crippen molar-refractivity contribution in [3.63, 3.8) is 0 Å². The van der Waals surface area contributed by atoms with Crippen LogP contribution in [0.4, 0.5) is 5.69 Å². The molecule has 29 heavy (non-hydrogen) atoms. The molecule has 0 bridgehead atoms. The quantitative estimate of drug-likeness (QED) is 0.815. The summed E-state index contributed by atoms with van der Waals surface area (Å²) in [4.78, 5) is 19.0. The van der Waals surface area contributed by atoms with Crippen molar-refractivity contribution in [1.82, 2.24) is 9.88 Å². The minimum Gasteiger partial charge on any atom is -0.342 e. The fourth-order valence-corrected chi connectivity index (χ4v) is 5.06. The number of carbonyl (C=O) groups is 1. The summed E-state index contributed by atoms with van der Waals surface area (Å²) in [6, 6.07) is 12.6. The zero-order chi connectivity index (χ0) is 20.3. The molecular formula is C21H24N4O3S. The summed E-state index contributed by atoms with van der Waals surface area (Å²) in [5.74, 6) is 0.437. The molecule has 2 aliphatic heterocycles. The lowest BCUT2D eigenvalue weighted by Crippen LogP contribution is -2.44. The molecule has 4 rings (SSSR count). The SMILES string of the molecule is O=C(CCCc1ccccn1)N1CCCC(C2=NS(=O)(=O)c3ccccc3N2)C1. The summed E-state index contributed by atoms with van der Waals surface area (Å²) in [6.07, 6.45) is 5.38. The zero-order valence-corrected chi connectivity index (χ0v) is 16.9. The Hall–Kier alpha value is -2.74. The molecule has 1 unspecified atom stereocenters. The average Bonchev–Trinajstić information content (AvgIpc) is 2.74. The van der Waals surface area contributed by atoms with E-state index in [1.54, 1.807) is 30.5 Å². The number of carbonyl (C=O) groups excluding carboxylic acids is 1. The molecule has 2 aliphatic rings. The van der Waals surface area contributed by atoms with Gasteiger partial charge in [-0.25, -0.2) is 0 Å². The Labute approximate surface area is 170 Å². The van der Waals surface area contributed by atoms with Crippen LogP contribution in [-0.2, 0) is 21.2 Å². The summed E-state index contributed by atoms with van der Waals surface area (Å²) in [6.45, 7) is 1.20. The minimum absolute atomic E-state index is 0.102. The van der Waals surface area contributed by atoms with Crippen LogP contribution in [-0.4, -0.2) is 43.1 Å². The molecule has 1 aromatic heterocycles. The summed E-state index contributed by atoms with van der Waals surface area (Å²) < 4.78 is 29.0. The Morgan fingerprint density at radius 2 is 2.00 bits per heavy atom. The molecule has 3 heterocycles. The fourth-order valence-electron chi connectivity index (χ4n) is 3.86. The Morgan fingerprint density at radius 3 is 2.83 bits per heavy atom. The molecule has 0 radical (unpaired) electrons. The van der Waals surface area contributed by atoms with Crippen LogP contribution in [0.1, 0.15) is 31.4 Å². The van der Waals surface area contributed by atoms with E-state index in [9.17, 15) is 13.2 Å². The molecule has 152 valence electrons. The van der Waals surface area contributed by atoms with E-state index in [1.165, 1.54) is 0 Å². The molecule has 7 nitrogen and oxygen atoms in total. The number of anilines is 1. The van der Waals surface area contributed by atoms with E-state index in [1.807, 2.05) is 23.1 Å². The van der Waals surface area contributed by atoms with Crippen molar-refractivity contribution in [3.05, 3.63) is 54.4 Å². The molecule has 8 heteroatoms. The summed E-state index contributed by atoms with van der Waals surface area (Å²) in [5.41, 5.74) is 1.54. The van der Waals surface area contributed by atoms with E-state index in [0.717, 1.165) is 31.4 Å². The van der Waals surface area contributed by atoms with Crippen molar-refractivity contribution in [2.75, 3.05) is 18.4 Å². The average molecular weight is 413 g/mol. The molecule has 1 atom stereocenters. The number of nitrogens with zero attached hydrogens (tertiary/aromatic N) is 3. The number of hydrogen-bond acceptors (Lipinski definition) is 5. The number of fused-ring (bicyclic) bond motifs is 1. The van der Waals surface area contributed by atoms with Crippen molar-refractivity contribution < 1.29 is 13.2 Å². The second-order valence-corrected chi connectivity index (χ2v) is 9.00. The summed E-state index contributed by atoms with van der Waals surface area (Å²) in [7, 11) is -3.71. The van der Waals surface area contributed by atoms with Gasteiger partial charge in [0.05, 0.1) is 5.69 Å². The maximum Gasteiger partial charge on any atom is 0.286 e. The Morgan fingerprint density at radius 1 is 1.17 bits per heavy atom. The first-order valence-corrected chi connectivity index (χ1v) is 11.4. The largest absolute Gasteiger partial charge is 0.342 e. The maximum absolute atomic E-state index is 12.7. The molecule has 1 fully saturated rings. The van der Waals surface area contributed by atoms with Gasteiger partial charge in [0.2, 0.25) is 5.91 Å². The van der Waals surface area contributed by atoms with Gasteiger partial charge >= 0.3 is 0 Å². The Bertz CT molecular complexity index is 1020. The predicted octanol–water partition coefficient (Wildman–Crippen LogP) is 2.86. The molecule has 1 aromatic carbocycles. The number of aryl methyl sites for hydroxylation is 1. The van der Waals surface area contributed by atoms with Crippen LogP contribution >= 0.6 is 0 Å². The van der Waals surface area contributed by atoms with Crippen LogP contribution in [0.5, 0.6) is 0 Å². The number of aromatic nitrogens is 1. The monoisotopic (exact) mass is 412 g/mol. The van der Waals surface area contributed by atoms with Crippen LogP contribution in [0.25, 0.3) is 0 Å². The molecule has 0 aliphatic carbocycles. The number of amidine groups is 1.